The van der Waals surface area contributed by atoms with Crippen molar-refractivity contribution in [2.24, 2.45) is 11.8 Å². The summed E-state index contributed by atoms with van der Waals surface area (Å²) in [5, 5.41) is 12.7. The average molecular weight is 438 g/mol. The topological polar surface area (TPSA) is 65.0 Å². The molecule has 4 rings (SSSR count). The Morgan fingerprint density at radius 2 is 1.69 bits per heavy atom. The number of hydrogen-bond acceptors (Lipinski definition) is 5. The number of methoxy groups -OCH3 is 1. The monoisotopic (exact) mass is 437 g/mol. The standard InChI is InChI=1S/C26H35N3O3/c1-32-25-10-6-20(7-11-25)15-27-26(31)23-14-22(17-28-12-2-3-13-28)18-29(19-23)16-21-4-8-24(30)9-5-21/h4-11,22-23,30H,2-3,12-19H2,1H3,(H,27,31)/t22-,23-/m1/s1. The van der Waals surface area contributed by atoms with Crippen molar-refractivity contribution in [2.75, 3.05) is 39.8 Å². The van der Waals surface area contributed by atoms with Gasteiger partial charge in [0.25, 0.3) is 0 Å². The fraction of sp³-hybridized carbons (Fsp3) is 0.500. The maximum Gasteiger partial charge on any atom is 0.224 e. The van der Waals surface area contributed by atoms with Crippen LogP contribution in [0.15, 0.2) is 48.5 Å². The molecule has 0 aliphatic carbocycles. The maximum absolute atomic E-state index is 13.1. The molecule has 0 spiro atoms. The van der Waals surface area contributed by atoms with E-state index in [-0.39, 0.29) is 17.6 Å². The Kier molecular flexibility index (Phi) is 7.66. The number of nitrogens with zero attached hydrogens (tertiary/aromatic N) is 2. The lowest BCUT2D eigenvalue weighted by Gasteiger charge is -2.38. The van der Waals surface area contributed by atoms with Crippen molar-refractivity contribution < 1.29 is 14.6 Å². The summed E-state index contributed by atoms with van der Waals surface area (Å²) >= 11 is 0. The number of rotatable bonds is 8. The van der Waals surface area contributed by atoms with Gasteiger partial charge in [-0.05, 0) is 73.7 Å². The molecule has 2 aromatic rings. The van der Waals surface area contributed by atoms with Crippen LogP contribution in [-0.4, -0.2) is 60.6 Å². The molecule has 0 saturated carbocycles. The van der Waals surface area contributed by atoms with Crippen molar-refractivity contribution in [3.8, 4) is 11.5 Å². The van der Waals surface area contributed by atoms with Gasteiger partial charge in [0.15, 0.2) is 0 Å². The van der Waals surface area contributed by atoms with Gasteiger partial charge in [0.05, 0.1) is 13.0 Å². The van der Waals surface area contributed by atoms with Crippen LogP contribution >= 0.6 is 0 Å². The number of phenolic OH excluding ortho intramolecular Hbond substituents is 1. The molecule has 2 atom stereocenters. The second-order valence-corrected chi connectivity index (χ2v) is 9.23. The van der Waals surface area contributed by atoms with E-state index in [9.17, 15) is 9.90 Å². The van der Waals surface area contributed by atoms with Gasteiger partial charge >= 0.3 is 0 Å². The van der Waals surface area contributed by atoms with Gasteiger partial charge in [0.1, 0.15) is 11.5 Å². The van der Waals surface area contributed by atoms with Crippen LogP contribution in [0.2, 0.25) is 0 Å². The quantitative estimate of drug-likeness (QED) is 0.664. The minimum atomic E-state index is -0.00767. The van der Waals surface area contributed by atoms with E-state index in [1.807, 2.05) is 36.4 Å². The average Bonchev–Trinajstić information content (AvgIpc) is 3.32. The predicted octanol–water partition coefficient (Wildman–Crippen LogP) is 3.25. The normalized spacial score (nSPS) is 22.0. The van der Waals surface area contributed by atoms with E-state index in [1.165, 1.54) is 31.5 Å². The van der Waals surface area contributed by atoms with Crippen LogP contribution in [0.3, 0.4) is 0 Å². The fourth-order valence-electron chi connectivity index (χ4n) is 5.02. The van der Waals surface area contributed by atoms with Crippen LogP contribution in [0.4, 0.5) is 0 Å². The number of phenols is 1. The van der Waals surface area contributed by atoms with Crippen molar-refractivity contribution in [1.82, 2.24) is 15.1 Å². The Morgan fingerprint density at radius 3 is 2.38 bits per heavy atom. The highest BCUT2D eigenvalue weighted by Crippen LogP contribution is 2.26. The zero-order valence-corrected chi connectivity index (χ0v) is 19.0. The molecule has 0 unspecified atom stereocenters. The van der Waals surface area contributed by atoms with E-state index in [4.69, 9.17) is 4.74 Å². The number of hydrogen-bond donors (Lipinski definition) is 2. The Labute approximate surface area is 191 Å². The Balaban J connectivity index is 1.38. The van der Waals surface area contributed by atoms with Gasteiger partial charge in [0, 0.05) is 32.7 Å². The summed E-state index contributed by atoms with van der Waals surface area (Å²) < 4.78 is 5.21. The molecule has 172 valence electrons. The van der Waals surface area contributed by atoms with E-state index < -0.39 is 0 Å². The number of amides is 1. The number of carbonyl (C=O) groups is 1. The Hall–Kier alpha value is -2.57. The lowest BCUT2D eigenvalue weighted by molar-refractivity contribution is -0.127. The summed E-state index contributed by atoms with van der Waals surface area (Å²) in [5.41, 5.74) is 2.24. The zero-order valence-electron chi connectivity index (χ0n) is 19.0. The van der Waals surface area contributed by atoms with Crippen molar-refractivity contribution in [3.05, 3.63) is 59.7 Å². The van der Waals surface area contributed by atoms with Gasteiger partial charge in [-0.25, -0.2) is 0 Å². The number of ether oxygens (including phenoxy) is 1. The molecule has 1 amide bonds. The summed E-state index contributed by atoms with van der Waals surface area (Å²) in [6.07, 6.45) is 3.52. The second kappa shape index (κ2) is 10.8. The SMILES string of the molecule is COc1ccc(CNC(=O)[C@@H]2C[C@H](CN3CCCC3)CN(Cc3ccc(O)cc3)C2)cc1. The van der Waals surface area contributed by atoms with Gasteiger partial charge in [-0.1, -0.05) is 24.3 Å². The molecule has 2 N–H and O–H groups in total. The first-order valence-electron chi connectivity index (χ1n) is 11.7. The molecule has 6 heteroatoms. The number of likely N-dealkylation sites (tertiary alicyclic amines) is 2. The number of piperidine rings is 1. The smallest absolute Gasteiger partial charge is 0.224 e. The molecule has 2 aliphatic rings. The summed E-state index contributed by atoms with van der Waals surface area (Å²) in [6, 6.07) is 15.2. The lowest BCUT2D eigenvalue weighted by atomic mass is 9.87. The maximum atomic E-state index is 13.1. The molecule has 0 radical (unpaired) electrons. The molecular weight excluding hydrogens is 402 g/mol. The number of aromatic hydroxyl groups is 1. The fourth-order valence-corrected chi connectivity index (χ4v) is 5.02. The molecule has 2 aliphatic heterocycles. The highest BCUT2D eigenvalue weighted by atomic mass is 16.5. The summed E-state index contributed by atoms with van der Waals surface area (Å²) in [5.74, 6) is 1.74. The summed E-state index contributed by atoms with van der Waals surface area (Å²) in [7, 11) is 1.66. The van der Waals surface area contributed by atoms with Crippen LogP contribution in [0.25, 0.3) is 0 Å². The van der Waals surface area contributed by atoms with Gasteiger partial charge in [-0.2, -0.15) is 0 Å². The van der Waals surface area contributed by atoms with Gasteiger partial charge in [-0.3, -0.25) is 9.69 Å². The van der Waals surface area contributed by atoms with E-state index in [0.29, 0.717) is 12.5 Å². The molecular formula is C26H35N3O3. The van der Waals surface area contributed by atoms with Crippen LogP contribution in [0, 0.1) is 11.8 Å². The van der Waals surface area contributed by atoms with Crippen LogP contribution in [0.5, 0.6) is 11.5 Å². The number of benzene rings is 2. The minimum Gasteiger partial charge on any atom is -0.508 e. The summed E-state index contributed by atoms with van der Waals surface area (Å²) in [4.78, 5) is 18.1. The molecule has 32 heavy (non-hydrogen) atoms. The minimum absolute atomic E-state index is 0.00767. The van der Waals surface area contributed by atoms with Crippen molar-refractivity contribution in [1.29, 1.82) is 0 Å². The third-order valence-corrected chi connectivity index (χ3v) is 6.67. The molecule has 2 aromatic carbocycles. The lowest BCUT2D eigenvalue weighted by Crippen LogP contribution is -2.48. The zero-order chi connectivity index (χ0) is 22.3. The highest BCUT2D eigenvalue weighted by molar-refractivity contribution is 5.79. The molecule has 0 bridgehead atoms. The Morgan fingerprint density at radius 1 is 1.00 bits per heavy atom. The van der Waals surface area contributed by atoms with E-state index in [2.05, 4.69) is 15.1 Å². The van der Waals surface area contributed by atoms with E-state index in [0.717, 1.165) is 43.9 Å². The predicted molar refractivity (Wildman–Crippen MR) is 125 cm³/mol. The second-order valence-electron chi connectivity index (χ2n) is 9.23. The van der Waals surface area contributed by atoms with Gasteiger partial charge < -0.3 is 20.1 Å². The molecule has 2 saturated heterocycles. The largest absolute Gasteiger partial charge is 0.508 e. The Bertz CT molecular complexity index is 863. The third-order valence-electron chi connectivity index (χ3n) is 6.67. The van der Waals surface area contributed by atoms with Gasteiger partial charge in [0.2, 0.25) is 5.91 Å². The number of nitrogens with one attached hydrogen (secondary N) is 1. The molecule has 2 heterocycles. The summed E-state index contributed by atoms with van der Waals surface area (Å²) in [6.45, 7) is 6.57. The van der Waals surface area contributed by atoms with Crippen molar-refractivity contribution in [3.63, 3.8) is 0 Å². The van der Waals surface area contributed by atoms with Crippen LogP contribution in [0.1, 0.15) is 30.4 Å². The van der Waals surface area contributed by atoms with Gasteiger partial charge in [-0.15, -0.1) is 0 Å². The van der Waals surface area contributed by atoms with Crippen molar-refractivity contribution in [2.45, 2.75) is 32.4 Å². The first-order valence-corrected chi connectivity index (χ1v) is 11.7. The van der Waals surface area contributed by atoms with Crippen LogP contribution < -0.4 is 10.1 Å². The van der Waals surface area contributed by atoms with E-state index in [1.54, 1.807) is 19.2 Å². The third kappa shape index (κ3) is 6.24. The highest BCUT2D eigenvalue weighted by Gasteiger charge is 2.32. The van der Waals surface area contributed by atoms with Crippen LogP contribution in [-0.2, 0) is 17.9 Å². The molecule has 2 fully saturated rings. The number of carbonyl (C=O) groups excluding carboxylic acids is 1. The first-order chi connectivity index (χ1) is 15.6. The van der Waals surface area contributed by atoms with E-state index >= 15 is 0 Å². The molecule has 0 aromatic heterocycles. The molecule has 6 nitrogen and oxygen atoms in total. The first kappa shape index (κ1) is 22.6. The van der Waals surface area contributed by atoms with Crippen molar-refractivity contribution >= 4 is 5.91 Å².